The molecule has 0 saturated carbocycles. The molecule has 2 fully saturated rings. The van der Waals surface area contributed by atoms with E-state index in [0.29, 0.717) is 0 Å². The van der Waals surface area contributed by atoms with Crippen LogP contribution in [0.2, 0.25) is 0 Å². The second kappa shape index (κ2) is 10.2. The third-order valence-corrected chi connectivity index (χ3v) is 5.97. The predicted molar refractivity (Wildman–Crippen MR) is 101 cm³/mol. The molecule has 2 aliphatic rings. The van der Waals surface area contributed by atoms with Crippen LogP contribution in [0.3, 0.4) is 0 Å². The van der Waals surface area contributed by atoms with Crippen molar-refractivity contribution in [1.29, 1.82) is 0 Å². The van der Waals surface area contributed by atoms with Gasteiger partial charge in [0, 0.05) is 25.7 Å². The molecule has 9 heteroatoms. The van der Waals surface area contributed by atoms with Crippen LogP contribution >= 0.6 is 0 Å². The van der Waals surface area contributed by atoms with Crippen LogP contribution in [0.15, 0.2) is 0 Å². The van der Waals surface area contributed by atoms with E-state index in [9.17, 15) is 19.8 Å². The Morgan fingerprint density at radius 3 is 2.07 bits per heavy atom. The third-order valence-electron chi connectivity index (χ3n) is 5.97. The minimum Gasteiger partial charge on any atom is -0.463 e. The number of carbonyl (C=O) groups excluding carboxylic acids is 2. The van der Waals surface area contributed by atoms with E-state index in [0.717, 1.165) is 0 Å². The number of rotatable bonds is 6. The van der Waals surface area contributed by atoms with Gasteiger partial charge in [0.05, 0.1) is 24.9 Å². The minimum absolute atomic E-state index is 0.0572. The van der Waals surface area contributed by atoms with Crippen molar-refractivity contribution in [2.75, 3.05) is 13.2 Å². The van der Waals surface area contributed by atoms with E-state index in [1.54, 1.807) is 6.92 Å². The molecule has 0 bridgehead atoms. The van der Waals surface area contributed by atoms with Crippen LogP contribution in [-0.4, -0.2) is 78.3 Å². The van der Waals surface area contributed by atoms with Gasteiger partial charge in [-0.3, -0.25) is 9.59 Å². The maximum Gasteiger partial charge on any atom is 0.303 e. The van der Waals surface area contributed by atoms with E-state index in [2.05, 4.69) is 0 Å². The zero-order valence-electron chi connectivity index (χ0n) is 17.9. The smallest absolute Gasteiger partial charge is 0.303 e. The van der Waals surface area contributed by atoms with Crippen LogP contribution < -0.4 is 0 Å². The van der Waals surface area contributed by atoms with Gasteiger partial charge in [0.15, 0.2) is 6.29 Å². The molecule has 0 radical (unpaired) electrons. The summed E-state index contributed by atoms with van der Waals surface area (Å²) in [6, 6.07) is 0. The molecule has 10 atom stereocenters. The summed E-state index contributed by atoms with van der Waals surface area (Å²) in [4.78, 5) is 22.4. The van der Waals surface area contributed by atoms with Crippen LogP contribution in [0.25, 0.3) is 0 Å². The first-order valence-corrected chi connectivity index (χ1v) is 10.1. The summed E-state index contributed by atoms with van der Waals surface area (Å²) >= 11 is 0. The Labute approximate surface area is 171 Å². The third kappa shape index (κ3) is 5.88. The van der Waals surface area contributed by atoms with E-state index in [1.165, 1.54) is 13.8 Å². The van der Waals surface area contributed by atoms with Crippen LogP contribution in [0.1, 0.15) is 41.5 Å². The van der Waals surface area contributed by atoms with Gasteiger partial charge in [0.25, 0.3) is 0 Å². The van der Waals surface area contributed by atoms with Crippen molar-refractivity contribution in [2.24, 2.45) is 17.8 Å². The Kier molecular flexibility index (Phi) is 8.42. The van der Waals surface area contributed by atoms with Crippen molar-refractivity contribution in [3.8, 4) is 0 Å². The average molecular weight is 418 g/mol. The summed E-state index contributed by atoms with van der Waals surface area (Å²) in [6.45, 7) is 10.3. The number of carbonyl (C=O) groups is 2. The van der Waals surface area contributed by atoms with Crippen molar-refractivity contribution in [3.05, 3.63) is 0 Å². The van der Waals surface area contributed by atoms with Gasteiger partial charge in [-0.25, -0.2) is 0 Å². The van der Waals surface area contributed by atoms with Crippen molar-refractivity contribution in [3.63, 3.8) is 0 Å². The molecule has 5 unspecified atom stereocenters. The molecule has 0 aromatic heterocycles. The molecule has 29 heavy (non-hydrogen) atoms. The number of hydrogen-bond acceptors (Lipinski definition) is 9. The fourth-order valence-corrected chi connectivity index (χ4v) is 3.91. The first kappa shape index (κ1) is 24.0. The molecule has 2 N–H and O–H groups in total. The predicted octanol–water partition coefficient (Wildman–Crippen LogP) is 0.640. The van der Waals surface area contributed by atoms with E-state index < -0.39 is 36.5 Å². The van der Waals surface area contributed by atoms with Crippen LogP contribution in [0, 0.1) is 17.8 Å². The molecule has 0 amide bonds. The SMILES string of the molecule is CC(=O)OCC1O[C@H](OCC2OC(C)C(OC(C)=O)[C@@H](C)[C@@H]2C)C(C)[C@@H](O)[C@H]1O. The van der Waals surface area contributed by atoms with E-state index >= 15 is 0 Å². The molecule has 2 aliphatic heterocycles. The number of esters is 2. The van der Waals surface area contributed by atoms with Crippen LogP contribution in [0.5, 0.6) is 0 Å². The lowest BCUT2D eigenvalue weighted by Crippen LogP contribution is -2.57. The van der Waals surface area contributed by atoms with Gasteiger partial charge < -0.3 is 33.9 Å². The molecule has 2 saturated heterocycles. The average Bonchev–Trinajstić information content (AvgIpc) is 2.65. The van der Waals surface area contributed by atoms with Gasteiger partial charge in [-0.05, 0) is 12.8 Å². The number of aliphatic hydroxyl groups excluding tert-OH is 2. The normalized spacial score (nSPS) is 42.9. The second-order valence-corrected chi connectivity index (χ2v) is 8.19. The maximum atomic E-state index is 11.3. The molecule has 0 aromatic rings. The zero-order valence-corrected chi connectivity index (χ0v) is 17.9. The molecular formula is C20H34O9. The Bertz CT molecular complexity index is 568. The molecule has 0 spiro atoms. The summed E-state index contributed by atoms with van der Waals surface area (Å²) in [5, 5.41) is 20.5. The molecule has 0 aliphatic carbocycles. The summed E-state index contributed by atoms with van der Waals surface area (Å²) < 4.78 is 28.0. The topological polar surface area (TPSA) is 121 Å². The van der Waals surface area contributed by atoms with Crippen molar-refractivity contribution < 1.29 is 43.5 Å². The molecule has 168 valence electrons. The molecule has 2 rings (SSSR count). The Balaban J connectivity index is 1.96. The van der Waals surface area contributed by atoms with Gasteiger partial charge in [0.1, 0.15) is 24.9 Å². The minimum atomic E-state index is -1.18. The van der Waals surface area contributed by atoms with Gasteiger partial charge in [-0.1, -0.05) is 20.8 Å². The Hall–Kier alpha value is -1.26. The molecular weight excluding hydrogens is 384 g/mol. The van der Waals surface area contributed by atoms with Gasteiger partial charge in [-0.15, -0.1) is 0 Å². The number of ether oxygens (including phenoxy) is 5. The van der Waals surface area contributed by atoms with Gasteiger partial charge in [-0.2, -0.15) is 0 Å². The van der Waals surface area contributed by atoms with Gasteiger partial charge in [0.2, 0.25) is 0 Å². The highest BCUT2D eigenvalue weighted by Gasteiger charge is 2.45. The van der Waals surface area contributed by atoms with Gasteiger partial charge >= 0.3 is 11.9 Å². The van der Waals surface area contributed by atoms with Crippen molar-refractivity contribution in [1.82, 2.24) is 0 Å². The van der Waals surface area contributed by atoms with Crippen molar-refractivity contribution >= 4 is 11.9 Å². The first-order chi connectivity index (χ1) is 13.5. The Morgan fingerprint density at radius 2 is 1.48 bits per heavy atom. The fourth-order valence-electron chi connectivity index (χ4n) is 3.91. The zero-order chi connectivity index (χ0) is 21.9. The summed E-state index contributed by atoms with van der Waals surface area (Å²) in [5.74, 6) is -1.19. The standard InChI is InChI=1S/C20H34O9/c1-9-10(2)19(28-14(6)22)12(4)27-15(9)7-26-20-11(3)17(23)18(24)16(29-20)8-25-13(5)21/h9-12,15-20,23-24H,7-8H2,1-6H3/t9-,10-,11?,12?,15?,16?,17+,18-,19?,20-/m0/s1. The van der Waals surface area contributed by atoms with Crippen LogP contribution in [-0.2, 0) is 33.3 Å². The summed E-state index contributed by atoms with van der Waals surface area (Å²) in [6.07, 6.45) is -4.80. The quantitative estimate of drug-likeness (QED) is 0.599. The molecule has 9 nitrogen and oxygen atoms in total. The summed E-state index contributed by atoms with van der Waals surface area (Å²) in [5.41, 5.74) is 0. The summed E-state index contributed by atoms with van der Waals surface area (Å²) in [7, 11) is 0. The second-order valence-electron chi connectivity index (χ2n) is 8.19. The molecule has 2 heterocycles. The first-order valence-electron chi connectivity index (χ1n) is 10.1. The monoisotopic (exact) mass is 418 g/mol. The highest BCUT2D eigenvalue weighted by Crippen LogP contribution is 2.34. The van der Waals surface area contributed by atoms with Crippen molar-refractivity contribution in [2.45, 2.75) is 84.5 Å². The van der Waals surface area contributed by atoms with E-state index in [-0.39, 0.29) is 49.3 Å². The number of aliphatic hydroxyl groups is 2. The lowest BCUT2D eigenvalue weighted by atomic mass is 9.81. The number of hydrogen-bond donors (Lipinski definition) is 2. The molecule has 0 aromatic carbocycles. The highest BCUT2D eigenvalue weighted by molar-refractivity contribution is 5.66. The lowest BCUT2D eigenvalue weighted by molar-refractivity contribution is -0.294. The Morgan fingerprint density at radius 1 is 0.828 bits per heavy atom. The van der Waals surface area contributed by atoms with Crippen LogP contribution in [0.4, 0.5) is 0 Å². The maximum absolute atomic E-state index is 11.3. The van der Waals surface area contributed by atoms with E-state index in [4.69, 9.17) is 23.7 Å². The highest BCUT2D eigenvalue weighted by atomic mass is 16.7. The lowest BCUT2D eigenvalue weighted by Gasteiger charge is -2.44. The fraction of sp³-hybridized carbons (Fsp3) is 0.900. The largest absolute Gasteiger partial charge is 0.463 e. The van der Waals surface area contributed by atoms with E-state index in [1.807, 2.05) is 20.8 Å².